The molecule has 0 saturated carbocycles. The number of hydrogen-bond donors (Lipinski definition) is 2. The Balaban J connectivity index is 2.47. The lowest BCUT2D eigenvalue weighted by Gasteiger charge is -2.31. The van der Waals surface area contributed by atoms with Crippen molar-refractivity contribution in [2.45, 2.75) is 19.4 Å². The molecule has 0 amide bonds. The fourth-order valence-corrected chi connectivity index (χ4v) is 2.25. The minimum atomic E-state index is -0.794. The highest BCUT2D eigenvalue weighted by molar-refractivity contribution is 5.67. The zero-order chi connectivity index (χ0) is 15.5. The Morgan fingerprint density at radius 3 is 2.43 bits per heavy atom. The van der Waals surface area contributed by atoms with Gasteiger partial charge in [-0.2, -0.15) is 0 Å². The lowest BCUT2D eigenvalue weighted by Crippen LogP contribution is -2.36. The van der Waals surface area contributed by atoms with Crippen LogP contribution in [0.5, 0.6) is 0 Å². The summed E-state index contributed by atoms with van der Waals surface area (Å²) in [6, 6.07) is 14.3. The lowest BCUT2D eigenvalue weighted by molar-refractivity contribution is -0.384. The lowest BCUT2D eigenvalue weighted by atomic mass is 9.92. The molecule has 5 nitrogen and oxygen atoms in total. The second-order valence-corrected chi connectivity index (χ2v) is 5.21. The molecule has 110 valence electrons. The molecular formula is C16H18N2O3. The third-order valence-corrected chi connectivity index (χ3v) is 3.58. The number of nitro groups is 1. The van der Waals surface area contributed by atoms with E-state index in [1.807, 2.05) is 37.3 Å². The summed E-state index contributed by atoms with van der Waals surface area (Å²) in [5, 5.41) is 24.1. The maximum Gasteiger partial charge on any atom is 0.292 e. The topological polar surface area (TPSA) is 75.4 Å². The molecule has 0 radical (unpaired) electrons. The van der Waals surface area contributed by atoms with Crippen molar-refractivity contribution in [2.24, 2.45) is 0 Å². The Morgan fingerprint density at radius 1 is 1.19 bits per heavy atom. The molecule has 2 aromatic rings. The van der Waals surface area contributed by atoms with Gasteiger partial charge < -0.3 is 10.4 Å². The number of benzene rings is 2. The molecule has 0 fully saturated rings. The van der Waals surface area contributed by atoms with Gasteiger partial charge in [0.1, 0.15) is 5.69 Å². The first-order valence-electron chi connectivity index (χ1n) is 6.66. The highest BCUT2D eigenvalue weighted by atomic mass is 16.6. The van der Waals surface area contributed by atoms with Gasteiger partial charge in [0.15, 0.2) is 0 Å². The molecule has 0 bridgehead atoms. The molecule has 0 aliphatic heterocycles. The first-order valence-corrected chi connectivity index (χ1v) is 6.66. The number of nitrogens with zero attached hydrogens (tertiary/aromatic N) is 1. The number of aryl methyl sites for hydroxylation is 1. The van der Waals surface area contributed by atoms with Crippen LogP contribution < -0.4 is 5.32 Å². The van der Waals surface area contributed by atoms with Crippen LogP contribution in [0.4, 0.5) is 11.4 Å². The summed E-state index contributed by atoms with van der Waals surface area (Å²) in [4.78, 5) is 10.8. The van der Waals surface area contributed by atoms with Gasteiger partial charge in [0, 0.05) is 6.07 Å². The van der Waals surface area contributed by atoms with Crippen molar-refractivity contribution in [2.75, 3.05) is 11.9 Å². The predicted octanol–water partition coefficient (Wildman–Crippen LogP) is 3.22. The van der Waals surface area contributed by atoms with Crippen molar-refractivity contribution in [3.8, 4) is 0 Å². The molecule has 2 N–H and O–H groups in total. The van der Waals surface area contributed by atoms with Crippen LogP contribution in [0.15, 0.2) is 48.5 Å². The van der Waals surface area contributed by atoms with E-state index in [2.05, 4.69) is 5.32 Å². The van der Waals surface area contributed by atoms with E-state index in [9.17, 15) is 15.2 Å². The van der Waals surface area contributed by atoms with E-state index in [1.165, 1.54) is 6.07 Å². The first-order chi connectivity index (χ1) is 9.98. The zero-order valence-corrected chi connectivity index (χ0v) is 12.0. The van der Waals surface area contributed by atoms with Crippen LogP contribution in [-0.4, -0.2) is 16.6 Å². The van der Waals surface area contributed by atoms with Crippen LogP contribution in [0.3, 0.4) is 0 Å². The van der Waals surface area contributed by atoms with Gasteiger partial charge in [-0.25, -0.2) is 0 Å². The number of nitrogens with one attached hydrogen (secondary N) is 1. The molecule has 2 rings (SSSR count). The Hall–Kier alpha value is -2.40. The Labute approximate surface area is 123 Å². The van der Waals surface area contributed by atoms with Crippen LogP contribution in [0.25, 0.3) is 0 Å². The molecule has 0 aliphatic rings. The van der Waals surface area contributed by atoms with Crippen LogP contribution in [-0.2, 0) is 5.54 Å². The van der Waals surface area contributed by atoms with Gasteiger partial charge in [0.2, 0.25) is 0 Å². The van der Waals surface area contributed by atoms with Crippen molar-refractivity contribution in [1.82, 2.24) is 0 Å². The maximum absolute atomic E-state index is 11.2. The Kier molecular flexibility index (Phi) is 4.23. The zero-order valence-electron chi connectivity index (χ0n) is 12.0. The summed E-state index contributed by atoms with van der Waals surface area (Å²) < 4.78 is 0. The molecular weight excluding hydrogens is 268 g/mol. The fourth-order valence-electron chi connectivity index (χ4n) is 2.25. The van der Waals surface area contributed by atoms with Gasteiger partial charge in [-0.05, 0) is 25.0 Å². The second kappa shape index (κ2) is 5.93. The average molecular weight is 286 g/mol. The SMILES string of the molecule is Cc1cccc([N+](=O)[O-])c1NC(C)(CO)c1ccccc1. The van der Waals surface area contributed by atoms with Gasteiger partial charge in [-0.1, -0.05) is 42.5 Å². The van der Waals surface area contributed by atoms with Gasteiger partial charge in [-0.3, -0.25) is 10.1 Å². The van der Waals surface area contributed by atoms with Crippen molar-refractivity contribution in [3.05, 3.63) is 69.8 Å². The molecule has 2 aromatic carbocycles. The van der Waals surface area contributed by atoms with E-state index in [4.69, 9.17) is 0 Å². The summed E-state index contributed by atoms with van der Waals surface area (Å²) in [6.45, 7) is 3.44. The molecule has 0 heterocycles. The molecule has 0 spiro atoms. The molecule has 0 aromatic heterocycles. The number of nitro benzene ring substituents is 1. The Bertz CT molecular complexity index is 643. The highest BCUT2D eigenvalue weighted by Gasteiger charge is 2.29. The number of rotatable bonds is 5. The predicted molar refractivity (Wildman–Crippen MR) is 82.3 cm³/mol. The molecule has 5 heteroatoms. The third kappa shape index (κ3) is 3.03. The average Bonchev–Trinajstić information content (AvgIpc) is 2.49. The number of para-hydroxylation sites is 1. The van der Waals surface area contributed by atoms with Crippen molar-refractivity contribution < 1.29 is 10.0 Å². The van der Waals surface area contributed by atoms with Crippen molar-refractivity contribution >= 4 is 11.4 Å². The smallest absolute Gasteiger partial charge is 0.292 e. The summed E-state index contributed by atoms with van der Waals surface area (Å²) in [7, 11) is 0. The largest absolute Gasteiger partial charge is 0.394 e. The van der Waals surface area contributed by atoms with Crippen LogP contribution >= 0.6 is 0 Å². The van der Waals surface area contributed by atoms with Gasteiger partial charge in [0.05, 0.1) is 17.1 Å². The van der Waals surface area contributed by atoms with E-state index < -0.39 is 10.5 Å². The van der Waals surface area contributed by atoms with Gasteiger partial charge >= 0.3 is 0 Å². The molecule has 0 aliphatic carbocycles. The van der Waals surface area contributed by atoms with Gasteiger partial charge in [-0.15, -0.1) is 0 Å². The number of aliphatic hydroxyl groups excluding tert-OH is 1. The highest BCUT2D eigenvalue weighted by Crippen LogP contribution is 2.33. The molecule has 0 saturated heterocycles. The standard InChI is InChI=1S/C16H18N2O3/c1-12-7-6-10-14(18(20)21)15(12)17-16(2,11-19)13-8-4-3-5-9-13/h3-10,17,19H,11H2,1-2H3. The molecule has 1 atom stereocenters. The number of anilines is 1. The van der Waals surface area contributed by atoms with E-state index in [1.54, 1.807) is 19.1 Å². The first kappa shape index (κ1) is 15.0. The third-order valence-electron chi connectivity index (χ3n) is 3.58. The normalized spacial score (nSPS) is 13.5. The molecule has 21 heavy (non-hydrogen) atoms. The van der Waals surface area contributed by atoms with E-state index in [0.29, 0.717) is 5.69 Å². The van der Waals surface area contributed by atoms with Crippen LogP contribution in [0, 0.1) is 17.0 Å². The number of aliphatic hydroxyl groups is 1. The van der Waals surface area contributed by atoms with E-state index in [0.717, 1.165) is 11.1 Å². The van der Waals surface area contributed by atoms with Crippen molar-refractivity contribution in [1.29, 1.82) is 0 Å². The summed E-state index contributed by atoms with van der Waals surface area (Å²) in [5.41, 5.74) is 1.27. The fraction of sp³-hybridized carbons (Fsp3) is 0.250. The Morgan fingerprint density at radius 2 is 1.86 bits per heavy atom. The minimum absolute atomic E-state index is 0.00519. The van der Waals surface area contributed by atoms with E-state index >= 15 is 0 Å². The minimum Gasteiger partial charge on any atom is -0.394 e. The molecule has 1 unspecified atom stereocenters. The van der Waals surface area contributed by atoms with Crippen molar-refractivity contribution in [3.63, 3.8) is 0 Å². The van der Waals surface area contributed by atoms with Gasteiger partial charge in [0.25, 0.3) is 5.69 Å². The second-order valence-electron chi connectivity index (χ2n) is 5.21. The summed E-state index contributed by atoms with van der Waals surface area (Å²) in [6.07, 6.45) is 0. The van der Waals surface area contributed by atoms with Crippen LogP contribution in [0.2, 0.25) is 0 Å². The van der Waals surface area contributed by atoms with E-state index in [-0.39, 0.29) is 12.3 Å². The quantitative estimate of drug-likeness (QED) is 0.653. The maximum atomic E-state index is 11.2. The summed E-state index contributed by atoms with van der Waals surface area (Å²) >= 11 is 0. The number of hydrogen-bond acceptors (Lipinski definition) is 4. The van der Waals surface area contributed by atoms with Crippen LogP contribution in [0.1, 0.15) is 18.1 Å². The monoisotopic (exact) mass is 286 g/mol. The summed E-state index contributed by atoms with van der Waals surface area (Å²) in [5.74, 6) is 0.